The molecule has 1 aliphatic carbocycles. The molecule has 0 aliphatic heterocycles. The van der Waals surface area contributed by atoms with Gasteiger partial charge in [-0.3, -0.25) is 14.4 Å². The molecule has 0 aromatic carbocycles. The van der Waals surface area contributed by atoms with E-state index in [4.69, 9.17) is 4.74 Å². The number of carbonyl (C=O) groups excluding carboxylic acids is 3. The number of nitrogens with one attached hydrogen (secondary N) is 1. The van der Waals surface area contributed by atoms with Gasteiger partial charge in [-0.1, -0.05) is 0 Å². The summed E-state index contributed by atoms with van der Waals surface area (Å²) in [6.45, 7) is 0.359. The molecule has 2 heterocycles. The second kappa shape index (κ2) is 8.42. The summed E-state index contributed by atoms with van der Waals surface area (Å²) in [4.78, 5) is 44.0. The highest BCUT2D eigenvalue weighted by atomic mass is 19.4. The fraction of sp³-hybridized carbons (Fsp3) is 0.421. The number of hydrogen-bond donors (Lipinski definition) is 1. The van der Waals surface area contributed by atoms with E-state index in [1.165, 1.54) is 7.11 Å². The van der Waals surface area contributed by atoms with Crippen molar-refractivity contribution in [2.24, 2.45) is 5.92 Å². The first-order chi connectivity index (χ1) is 14.1. The van der Waals surface area contributed by atoms with Crippen LogP contribution in [0.2, 0.25) is 0 Å². The first-order valence-corrected chi connectivity index (χ1v) is 9.04. The predicted octanol–water partition coefficient (Wildman–Crippen LogP) is 2.97. The molecule has 7 nitrogen and oxygen atoms in total. The van der Waals surface area contributed by atoms with Gasteiger partial charge in [-0.15, -0.1) is 0 Å². The van der Waals surface area contributed by atoms with Crippen LogP contribution >= 0.6 is 0 Å². The van der Waals surface area contributed by atoms with Crippen LogP contribution in [0.4, 0.5) is 23.4 Å². The van der Waals surface area contributed by atoms with Crippen LogP contribution in [0.5, 0.6) is 0 Å². The number of alkyl halides is 3. The summed E-state index contributed by atoms with van der Waals surface area (Å²) < 4.78 is 59.9. The molecule has 0 spiro atoms. The summed E-state index contributed by atoms with van der Waals surface area (Å²) in [7, 11) is 1.42. The molecular weight excluding hydrogens is 410 g/mol. The molecule has 0 bridgehead atoms. The van der Waals surface area contributed by atoms with E-state index in [1.54, 1.807) is 0 Å². The largest absolute Gasteiger partial charge is 0.434 e. The Labute approximate surface area is 167 Å². The van der Waals surface area contributed by atoms with Gasteiger partial charge in [0.05, 0.1) is 12.2 Å². The van der Waals surface area contributed by atoms with Crippen molar-refractivity contribution in [1.82, 2.24) is 9.97 Å². The normalized spacial score (nSPS) is 15.6. The highest BCUT2D eigenvalue weighted by Gasteiger charge is 2.43. The molecule has 30 heavy (non-hydrogen) atoms. The monoisotopic (exact) mass is 427 g/mol. The minimum Gasteiger partial charge on any atom is -0.383 e. The fourth-order valence-electron chi connectivity index (χ4n) is 3.23. The summed E-state index contributed by atoms with van der Waals surface area (Å²) >= 11 is 0. The van der Waals surface area contributed by atoms with Gasteiger partial charge < -0.3 is 10.1 Å². The lowest BCUT2D eigenvalue weighted by Crippen LogP contribution is -2.36. The third-order valence-corrected chi connectivity index (χ3v) is 4.64. The van der Waals surface area contributed by atoms with Gasteiger partial charge in [0.1, 0.15) is 5.92 Å². The molecule has 1 saturated carbocycles. The first kappa shape index (κ1) is 21.8. The van der Waals surface area contributed by atoms with Crippen LogP contribution in [0.15, 0.2) is 12.1 Å². The summed E-state index contributed by atoms with van der Waals surface area (Å²) in [6, 6.07) is 1.66. The van der Waals surface area contributed by atoms with Crippen molar-refractivity contribution in [1.29, 1.82) is 0 Å². The average molecular weight is 427 g/mol. The Kier molecular flexibility index (Phi) is 6.11. The molecule has 1 aliphatic rings. The van der Waals surface area contributed by atoms with Gasteiger partial charge in [-0.25, -0.2) is 14.4 Å². The lowest BCUT2D eigenvalue weighted by atomic mass is 9.81. The number of anilines is 1. The average Bonchev–Trinajstić information content (AvgIpc) is 2.66. The molecule has 0 atom stereocenters. The maximum atomic E-state index is 14.3. The van der Waals surface area contributed by atoms with E-state index in [-0.39, 0.29) is 43.6 Å². The number of halogens is 4. The fourth-order valence-corrected chi connectivity index (χ4v) is 3.23. The van der Waals surface area contributed by atoms with E-state index in [9.17, 15) is 31.9 Å². The smallest absolute Gasteiger partial charge is 0.383 e. The van der Waals surface area contributed by atoms with Crippen molar-refractivity contribution in [3.8, 4) is 0 Å². The van der Waals surface area contributed by atoms with E-state index in [1.807, 2.05) is 0 Å². The number of hydrogen-bond acceptors (Lipinski definition) is 7. The zero-order valence-corrected chi connectivity index (χ0v) is 15.8. The van der Waals surface area contributed by atoms with Crippen LogP contribution in [0.1, 0.15) is 35.3 Å². The Balaban J connectivity index is 2.11. The number of ketones is 3. The number of methoxy groups -OCH3 is 1. The van der Waals surface area contributed by atoms with Gasteiger partial charge in [-0.05, 0) is 18.6 Å². The van der Waals surface area contributed by atoms with Crippen molar-refractivity contribution in [3.63, 3.8) is 0 Å². The lowest BCUT2D eigenvalue weighted by molar-refractivity contribution is -0.142. The Bertz CT molecular complexity index is 1010. The maximum Gasteiger partial charge on any atom is 0.434 e. The molecule has 3 rings (SSSR count). The zero-order valence-electron chi connectivity index (χ0n) is 15.8. The lowest BCUT2D eigenvalue weighted by Gasteiger charge is -2.20. The van der Waals surface area contributed by atoms with Crippen molar-refractivity contribution >= 4 is 34.2 Å². The van der Waals surface area contributed by atoms with Gasteiger partial charge in [-0.2, -0.15) is 13.2 Å². The number of carbonyl (C=O) groups is 3. The van der Waals surface area contributed by atoms with E-state index >= 15 is 0 Å². The number of pyridine rings is 2. The second-order valence-corrected chi connectivity index (χ2v) is 6.75. The molecule has 2 aromatic rings. The quantitative estimate of drug-likeness (QED) is 0.328. The maximum absolute atomic E-state index is 14.3. The SMILES string of the molecule is COCCNc1nc2nc(C(F)(F)F)c(C(=O)C3C(=O)CCCC3=O)cc2cc1F. The highest BCUT2D eigenvalue weighted by molar-refractivity contribution is 6.25. The molecule has 0 saturated heterocycles. The van der Waals surface area contributed by atoms with Gasteiger partial charge in [0.2, 0.25) is 0 Å². The molecule has 1 fully saturated rings. The highest BCUT2D eigenvalue weighted by Crippen LogP contribution is 2.35. The van der Waals surface area contributed by atoms with E-state index in [0.29, 0.717) is 0 Å². The number of fused-ring (bicyclic) bond motifs is 1. The second-order valence-electron chi connectivity index (χ2n) is 6.75. The molecular formula is C19H17F4N3O4. The van der Waals surface area contributed by atoms with E-state index in [2.05, 4.69) is 15.3 Å². The van der Waals surface area contributed by atoms with E-state index < -0.39 is 52.2 Å². The van der Waals surface area contributed by atoms with Crippen LogP contribution < -0.4 is 5.32 Å². The van der Waals surface area contributed by atoms with Gasteiger partial charge in [0, 0.05) is 31.9 Å². The summed E-state index contributed by atoms with van der Waals surface area (Å²) in [5.74, 6) is -5.74. The molecule has 160 valence electrons. The van der Waals surface area contributed by atoms with Gasteiger partial charge in [0.15, 0.2) is 40.3 Å². The molecule has 2 aromatic heterocycles. The first-order valence-electron chi connectivity index (χ1n) is 9.04. The van der Waals surface area contributed by atoms with Crippen LogP contribution in [-0.4, -0.2) is 47.6 Å². The van der Waals surface area contributed by atoms with Gasteiger partial charge >= 0.3 is 6.18 Å². The van der Waals surface area contributed by atoms with Crippen LogP contribution in [-0.2, 0) is 20.5 Å². The number of ether oxygens (including phenoxy) is 1. The standard InChI is InChI=1S/C19H17F4N3O4/c1-30-6-5-24-18-11(20)8-9-7-10(16(19(21,22)23)25-17(9)26-18)15(29)14-12(27)3-2-4-13(14)28/h7-8,14H,2-6H2,1H3,(H,24,25,26). The minimum absolute atomic E-state index is 0.0722. The molecule has 0 radical (unpaired) electrons. The molecule has 0 amide bonds. The Morgan fingerprint density at radius 1 is 1.20 bits per heavy atom. The van der Waals surface area contributed by atoms with Crippen LogP contribution in [0.25, 0.3) is 11.0 Å². The van der Waals surface area contributed by atoms with Crippen molar-refractivity contribution in [3.05, 3.63) is 29.2 Å². The van der Waals surface area contributed by atoms with Crippen LogP contribution in [0, 0.1) is 11.7 Å². The van der Waals surface area contributed by atoms with Crippen molar-refractivity contribution in [2.45, 2.75) is 25.4 Å². The third-order valence-electron chi connectivity index (χ3n) is 4.64. The number of Topliss-reactive ketones (excluding diaryl/α,β-unsaturated/α-hetero) is 3. The van der Waals surface area contributed by atoms with Crippen LogP contribution in [0.3, 0.4) is 0 Å². The third kappa shape index (κ3) is 4.30. The summed E-state index contributed by atoms with van der Waals surface area (Å²) in [6.07, 6.45) is -4.95. The Morgan fingerprint density at radius 2 is 1.87 bits per heavy atom. The number of nitrogens with zero attached hydrogens (tertiary/aromatic N) is 2. The number of aromatic nitrogens is 2. The summed E-state index contributed by atoms with van der Waals surface area (Å²) in [5.41, 5.74) is -2.97. The predicted molar refractivity (Wildman–Crippen MR) is 96.5 cm³/mol. The van der Waals surface area contributed by atoms with Crippen molar-refractivity contribution in [2.75, 3.05) is 25.6 Å². The van der Waals surface area contributed by atoms with Crippen molar-refractivity contribution < 1.29 is 36.7 Å². The zero-order chi connectivity index (χ0) is 22.1. The Hall–Kier alpha value is -2.95. The molecule has 1 N–H and O–H groups in total. The molecule has 11 heteroatoms. The molecule has 0 unspecified atom stereocenters. The summed E-state index contributed by atoms with van der Waals surface area (Å²) in [5, 5.41) is 2.41. The minimum atomic E-state index is -5.06. The van der Waals surface area contributed by atoms with E-state index in [0.717, 1.165) is 12.1 Å². The Morgan fingerprint density at radius 3 is 2.47 bits per heavy atom. The topological polar surface area (TPSA) is 98.2 Å². The number of rotatable bonds is 6. The van der Waals surface area contributed by atoms with Gasteiger partial charge in [0.25, 0.3) is 0 Å².